The maximum atomic E-state index is 13.3. The van der Waals surface area contributed by atoms with Gasteiger partial charge in [-0.25, -0.2) is 4.39 Å². The maximum absolute atomic E-state index is 13.3. The summed E-state index contributed by atoms with van der Waals surface area (Å²) in [5.74, 6) is -0.535. The zero-order valence-corrected chi connectivity index (χ0v) is 12.4. The fraction of sp³-hybridized carbons (Fsp3) is 0.500. The van der Waals surface area contributed by atoms with Crippen LogP contribution in [0.3, 0.4) is 0 Å². The van der Waals surface area contributed by atoms with E-state index in [4.69, 9.17) is 4.74 Å². The summed E-state index contributed by atoms with van der Waals surface area (Å²) in [5, 5.41) is 2.99. The van der Waals surface area contributed by atoms with Crippen molar-refractivity contribution in [2.45, 2.75) is 36.6 Å². The van der Waals surface area contributed by atoms with E-state index >= 15 is 0 Å². The van der Waals surface area contributed by atoms with Gasteiger partial charge in [-0.3, -0.25) is 4.79 Å². The number of carbonyl (C=O) groups is 1. The van der Waals surface area contributed by atoms with E-state index in [1.165, 1.54) is 25.3 Å². The number of ether oxygens (including phenoxy) is 1. The molecule has 0 atom stereocenters. The fourth-order valence-electron chi connectivity index (χ4n) is 2.27. The smallest absolute Gasteiger partial charge is 0.251 e. The molecule has 1 aliphatic rings. The predicted octanol–water partition coefficient (Wildman–Crippen LogP) is 3.27. The minimum atomic E-state index is -0.459. The minimum Gasteiger partial charge on any atom is -0.494 e. The second kappa shape index (κ2) is 6.37. The molecule has 1 aromatic carbocycles. The average Bonchev–Trinajstić information content (AvgIpc) is 2.42. The Morgan fingerprint density at radius 1 is 1.37 bits per heavy atom. The highest BCUT2D eigenvalue weighted by atomic mass is 79.9. The molecule has 1 N–H and O–H groups in total. The summed E-state index contributed by atoms with van der Waals surface area (Å²) in [4.78, 5) is 12.6. The van der Waals surface area contributed by atoms with Gasteiger partial charge in [0.15, 0.2) is 11.6 Å². The van der Waals surface area contributed by atoms with Crippen molar-refractivity contribution < 1.29 is 13.9 Å². The molecule has 1 saturated carbocycles. The Kier molecular flexibility index (Phi) is 4.80. The fourth-order valence-corrected chi connectivity index (χ4v) is 2.80. The molecular weight excluding hydrogens is 313 g/mol. The van der Waals surface area contributed by atoms with Crippen molar-refractivity contribution in [2.24, 2.45) is 0 Å². The molecule has 1 aromatic rings. The molecule has 1 fully saturated rings. The Labute approximate surface area is 120 Å². The van der Waals surface area contributed by atoms with E-state index in [0.717, 1.165) is 25.7 Å². The molecule has 1 aliphatic carbocycles. The predicted molar refractivity (Wildman–Crippen MR) is 75.4 cm³/mol. The number of halogens is 2. The first-order valence-electron chi connectivity index (χ1n) is 6.38. The van der Waals surface area contributed by atoms with E-state index in [0.29, 0.717) is 10.4 Å². The number of nitrogens with one attached hydrogen (secondary N) is 1. The molecular formula is C14H17BrFNO2. The van der Waals surface area contributed by atoms with Gasteiger partial charge in [-0.05, 0) is 43.9 Å². The molecule has 0 aromatic heterocycles. The third-order valence-corrected chi connectivity index (χ3v) is 4.32. The molecule has 0 heterocycles. The number of methoxy groups -OCH3 is 1. The molecule has 0 spiro atoms. The van der Waals surface area contributed by atoms with E-state index in [1.807, 2.05) is 0 Å². The van der Waals surface area contributed by atoms with Crippen molar-refractivity contribution in [3.8, 4) is 5.75 Å². The monoisotopic (exact) mass is 329 g/mol. The summed E-state index contributed by atoms with van der Waals surface area (Å²) in [6, 6.07) is 4.37. The first-order chi connectivity index (χ1) is 9.10. The number of benzene rings is 1. The maximum Gasteiger partial charge on any atom is 0.251 e. The van der Waals surface area contributed by atoms with Crippen LogP contribution in [0.4, 0.5) is 4.39 Å². The van der Waals surface area contributed by atoms with Crippen LogP contribution in [0.1, 0.15) is 36.0 Å². The first-order valence-corrected chi connectivity index (χ1v) is 7.30. The van der Waals surface area contributed by atoms with Crippen molar-refractivity contribution >= 4 is 21.8 Å². The van der Waals surface area contributed by atoms with Crippen molar-refractivity contribution in [3.63, 3.8) is 0 Å². The molecule has 104 valence electrons. The van der Waals surface area contributed by atoms with Gasteiger partial charge in [0.1, 0.15) is 0 Å². The van der Waals surface area contributed by atoms with Crippen molar-refractivity contribution in [1.82, 2.24) is 5.32 Å². The number of alkyl halides is 1. The second-order valence-corrected chi connectivity index (χ2v) is 6.07. The van der Waals surface area contributed by atoms with Gasteiger partial charge >= 0.3 is 0 Å². The van der Waals surface area contributed by atoms with Crippen LogP contribution >= 0.6 is 15.9 Å². The third kappa shape index (κ3) is 3.69. The molecule has 0 radical (unpaired) electrons. The molecule has 0 unspecified atom stereocenters. The summed E-state index contributed by atoms with van der Waals surface area (Å²) >= 11 is 3.58. The van der Waals surface area contributed by atoms with Gasteiger partial charge < -0.3 is 10.1 Å². The van der Waals surface area contributed by atoms with Crippen molar-refractivity contribution in [3.05, 3.63) is 29.6 Å². The minimum absolute atomic E-state index is 0.0943. The summed E-state index contributed by atoms with van der Waals surface area (Å²) in [6.07, 6.45) is 4.08. The van der Waals surface area contributed by atoms with Crippen LogP contribution in [0.5, 0.6) is 5.75 Å². The Morgan fingerprint density at radius 3 is 2.68 bits per heavy atom. The standard InChI is InChI=1S/C14H17BrFNO2/c1-19-13-8-9(2-7-12(13)16)14(18)17-11-5-3-10(15)4-6-11/h2,7-8,10-11H,3-6H2,1H3,(H,17,18). The van der Waals surface area contributed by atoms with Crippen LogP contribution in [0.2, 0.25) is 0 Å². The Bertz CT molecular complexity index is 459. The Morgan fingerprint density at radius 2 is 2.05 bits per heavy atom. The molecule has 3 nitrogen and oxygen atoms in total. The highest BCUT2D eigenvalue weighted by Crippen LogP contribution is 2.25. The van der Waals surface area contributed by atoms with Crippen molar-refractivity contribution in [2.75, 3.05) is 7.11 Å². The van der Waals surface area contributed by atoms with Gasteiger partial charge in [0.25, 0.3) is 5.91 Å². The van der Waals surface area contributed by atoms with Gasteiger partial charge in [-0.2, -0.15) is 0 Å². The quantitative estimate of drug-likeness (QED) is 0.864. The number of hydrogen-bond donors (Lipinski definition) is 1. The molecule has 2 rings (SSSR count). The van der Waals surface area contributed by atoms with Gasteiger partial charge in [0.2, 0.25) is 0 Å². The summed E-state index contributed by atoms with van der Waals surface area (Å²) in [7, 11) is 1.39. The lowest BCUT2D eigenvalue weighted by Crippen LogP contribution is -2.37. The van der Waals surface area contributed by atoms with E-state index in [-0.39, 0.29) is 17.7 Å². The first kappa shape index (κ1) is 14.3. The highest BCUT2D eigenvalue weighted by Gasteiger charge is 2.21. The normalized spacial score (nSPS) is 22.9. The molecule has 19 heavy (non-hydrogen) atoms. The summed E-state index contributed by atoms with van der Waals surface area (Å²) < 4.78 is 18.2. The number of rotatable bonds is 3. The summed E-state index contributed by atoms with van der Waals surface area (Å²) in [6.45, 7) is 0. The van der Waals surface area contributed by atoms with E-state index in [2.05, 4.69) is 21.2 Å². The molecule has 5 heteroatoms. The van der Waals surface area contributed by atoms with Crippen LogP contribution in [0.15, 0.2) is 18.2 Å². The second-order valence-electron chi connectivity index (χ2n) is 4.77. The lowest BCUT2D eigenvalue weighted by atomic mass is 9.95. The van der Waals surface area contributed by atoms with Crippen LogP contribution in [0, 0.1) is 5.82 Å². The molecule has 0 bridgehead atoms. The number of carbonyl (C=O) groups excluding carboxylic acids is 1. The van der Waals surface area contributed by atoms with E-state index < -0.39 is 5.82 Å². The Hall–Kier alpha value is -1.10. The van der Waals surface area contributed by atoms with Gasteiger partial charge in [0.05, 0.1) is 7.11 Å². The largest absolute Gasteiger partial charge is 0.494 e. The molecule has 0 aliphatic heterocycles. The van der Waals surface area contributed by atoms with Crippen molar-refractivity contribution in [1.29, 1.82) is 0 Å². The zero-order chi connectivity index (χ0) is 13.8. The van der Waals surface area contributed by atoms with Gasteiger partial charge in [0, 0.05) is 16.4 Å². The van der Waals surface area contributed by atoms with E-state index in [1.54, 1.807) is 0 Å². The lowest BCUT2D eigenvalue weighted by Gasteiger charge is -2.26. The Balaban J connectivity index is 2.00. The topological polar surface area (TPSA) is 38.3 Å². The van der Waals surface area contributed by atoms with Crippen LogP contribution < -0.4 is 10.1 Å². The highest BCUT2D eigenvalue weighted by molar-refractivity contribution is 9.09. The van der Waals surface area contributed by atoms with Gasteiger partial charge in [-0.1, -0.05) is 15.9 Å². The zero-order valence-electron chi connectivity index (χ0n) is 10.8. The van der Waals surface area contributed by atoms with Crippen LogP contribution in [-0.4, -0.2) is 23.9 Å². The van der Waals surface area contributed by atoms with Crippen LogP contribution in [0.25, 0.3) is 0 Å². The molecule has 0 saturated heterocycles. The van der Waals surface area contributed by atoms with E-state index in [9.17, 15) is 9.18 Å². The summed E-state index contributed by atoms with van der Waals surface area (Å²) in [5.41, 5.74) is 0.430. The SMILES string of the molecule is COc1cc(C(=O)NC2CCC(Br)CC2)ccc1F. The number of amides is 1. The average molecular weight is 330 g/mol. The molecule has 1 amide bonds. The third-order valence-electron chi connectivity index (χ3n) is 3.41. The van der Waals surface area contributed by atoms with Gasteiger partial charge in [-0.15, -0.1) is 0 Å². The lowest BCUT2D eigenvalue weighted by molar-refractivity contribution is 0.0928. The van der Waals surface area contributed by atoms with Crippen LogP contribution in [-0.2, 0) is 0 Å². The number of hydrogen-bond acceptors (Lipinski definition) is 2.